The summed E-state index contributed by atoms with van der Waals surface area (Å²) in [6.07, 6.45) is 3.29. The Morgan fingerprint density at radius 3 is 2.72 bits per heavy atom. The average molecular weight is 355 g/mol. The van der Waals surface area contributed by atoms with Crippen LogP contribution in [0.25, 0.3) is 0 Å². The van der Waals surface area contributed by atoms with Crippen LogP contribution in [0.5, 0.6) is 0 Å². The molecule has 25 heavy (non-hydrogen) atoms. The molecule has 0 spiro atoms. The van der Waals surface area contributed by atoms with Crippen LogP contribution in [0, 0.1) is 12.7 Å². The number of amides is 1. The van der Waals surface area contributed by atoms with Gasteiger partial charge in [-0.3, -0.25) is 9.78 Å². The zero-order valence-corrected chi connectivity index (χ0v) is 14.6. The van der Waals surface area contributed by atoms with Crippen molar-refractivity contribution in [2.75, 3.05) is 0 Å². The smallest absolute Gasteiger partial charge is 0.263 e. The van der Waals surface area contributed by atoms with E-state index in [9.17, 15) is 9.18 Å². The van der Waals surface area contributed by atoms with Gasteiger partial charge in [0.05, 0.1) is 10.7 Å². The molecule has 4 nitrogen and oxygen atoms in total. The number of pyridine rings is 1. The molecule has 3 rings (SSSR count). The van der Waals surface area contributed by atoms with Crippen molar-refractivity contribution in [1.82, 2.24) is 15.3 Å². The topological polar surface area (TPSA) is 54.9 Å². The molecule has 0 bridgehead atoms. The lowest BCUT2D eigenvalue weighted by Crippen LogP contribution is -2.23. The van der Waals surface area contributed by atoms with Crippen LogP contribution in [0.2, 0.25) is 0 Å². The Labute approximate surface area is 149 Å². The third kappa shape index (κ3) is 4.48. The molecule has 0 saturated carbocycles. The molecule has 0 radical (unpaired) electrons. The highest BCUT2D eigenvalue weighted by Gasteiger charge is 2.15. The van der Waals surface area contributed by atoms with E-state index in [0.717, 1.165) is 23.5 Å². The molecule has 2 heterocycles. The second-order valence-corrected chi connectivity index (χ2v) is 6.70. The van der Waals surface area contributed by atoms with E-state index in [1.807, 2.05) is 25.1 Å². The van der Waals surface area contributed by atoms with Crippen LogP contribution in [-0.4, -0.2) is 15.9 Å². The van der Waals surface area contributed by atoms with Crippen LogP contribution in [0.1, 0.15) is 31.6 Å². The predicted molar refractivity (Wildman–Crippen MR) is 96.1 cm³/mol. The van der Waals surface area contributed by atoms with Crippen LogP contribution in [-0.2, 0) is 19.4 Å². The molecule has 0 saturated heterocycles. The van der Waals surface area contributed by atoms with Crippen molar-refractivity contribution in [3.63, 3.8) is 0 Å². The lowest BCUT2D eigenvalue weighted by atomic mass is 10.2. The highest BCUT2D eigenvalue weighted by atomic mass is 32.1. The SMILES string of the molecule is Cc1nc(CCc2ccccn2)sc1C(=O)NCc1ccccc1F. The summed E-state index contributed by atoms with van der Waals surface area (Å²) in [7, 11) is 0. The molecule has 128 valence electrons. The standard InChI is InChI=1S/C19H18FN3OS/c1-13-18(19(24)22-12-14-6-2-3-8-16(14)20)25-17(23-13)10-9-15-7-4-5-11-21-15/h2-8,11H,9-10,12H2,1H3,(H,22,24). The summed E-state index contributed by atoms with van der Waals surface area (Å²) in [5.41, 5.74) is 2.17. The molecule has 0 aliphatic rings. The minimum Gasteiger partial charge on any atom is -0.347 e. The minimum absolute atomic E-state index is 0.159. The third-order valence-electron chi connectivity index (χ3n) is 3.77. The van der Waals surface area contributed by atoms with E-state index in [2.05, 4.69) is 15.3 Å². The van der Waals surface area contributed by atoms with Crippen molar-refractivity contribution in [2.45, 2.75) is 26.3 Å². The van der Waals surface area contributed by atoms with Gasteiger partial charge in [-0.2, -0.15) is 0 Å². The Morgan fingerprint density at radius 2 is 1.96 bits per heavy atom. The number of nitrogens with zero attached hydrogens (tertiary/aromatic N) is 2. The van der Waals surface area contributed by atoms with Crippen molar-refractivity contribution in [3.05, 3.63) is 81.3 Å². The van der Waals surface area contributed by atoms with Crippen LogP contribution in [0.3, 0.4) is 0 Å². The number of carbonyl (C=O) groups is 1. The van der Waals surface area contributed by atoms with Gasteiger partial charge in [-0.25, -0.2) is 9.37 Å². The molecular weight excluding hydrogens is 337 g/mol. The number of thiazole rings is 1. The lowest BCUT2D eigenvalue weighted by molar-refractivity contribution is 0.0954. The van der Waals surface area contributed by atoms with Gasteiger partial charge in [-0.1, -0.05) is 24.3 Å². The average Bonchev–Trinajstić information content (AvgIpc) is 3.01. The zero-order valence-electron chi connectivity index (χ0n) is 13.8. The molecule has 0 aliphatic heterocycles. The minimum atomic E-state index is -0.320. The lowest BCUT2D eigenvalue weighted by Gasteiger charge is -2.05. The largest absolute Gasteiger partial charge is 0.347 e. The highest BCUT2D eigenvalue weighted by Crippen LogP contribution is 2.20. The number of hydrogen-bond donors (Lipinski definition) is 1. The molecule has 1 aromatic carbocycles. The fourth-order valence-electron chi connectivity index (χ4n) is 2.45. The summed E-state index contributed by atoms with van der Waals surface area (Å²) < 4.78 is 13.6. The number of benzene rings is 1. The maximum Gasteiger partial charge on any atom is 0.263 e. The van der Waals surface area contributed by atoms with E-state index < -0.39 is 0 Å². The van der Waals surface area contributed by atoms with Crippen LogP contribution < -0.4 is 5.32 Å². The number of aromatic nitrogens is 2. The molecule has 1 N–H and O–H groups in total. The second kappa shape index (κ2) is 7.98. The molecule has 1 amide bonds. The highest BCUT2D eigenvalue weighted by molar-refractivity contribution is 7.13. The van der Waals surface area contributed by atoms with Crippen LogP contribution in [0.15, 0.2) is 48.7 Å². The molecular formula is C19H18FN3OS. The Hall–Kier alpha value is -2.60. The summed E-state index contributed by atoms with van der Waals surface area (Å²) in [5.74, 6) is -0.540. The number of rotatable bonds is 6. The summed E-state index contributed by atoms with van der Waals surface area (Å²) in [5, 5.41) is 3.67. The van der Waals surface area contributed by atoms with Gasteiger partial charge in [0.25, 0.3) is 5.91 Å². The number of halogens is 1. The Kier molecular flexibility index (Phi) is 5.50. The van der Waals surface area contributed by atoms with Gasteiger partial charge >= 0.3 is 0 Å². The third-order valence-corrected chi connectivity index (χ3v) is 4.98. The maximum absolute atomic E-state index is 13.6. The van der Waals surface area contributed by atoms with Crippen molar-refractivity contribution in [3.8, 4) is 0 Å². The summed E-state index contributed by atoms with van der Waals surface area (Å²) in [6.45, 7) is 1.98. The monoisotopic (exact) mass is 355 g/mol. The summed E-state index contributed by atoms with van der Waals surface area (Å²) >= 11 is 1.38. The van der Waals surface area contributed by atoms with Crippen molar-refractivity contribution in [2.24, 2.45) is 0 Å². The van der Waals surface area contributed by atoms with Gasteiger partial charge in [0.2, 0.25) is 0 Å². The van der Waals surface area contributed by atoms with Crippen molar-refractivity contribution < 1.29 is 9.18 Å². The number of carbonyl (C=O) groups excluding carboxylic acids is 1. The fourth-order valence-corrected chi connectivity index (χ4v) is 3.43. The number of hydrogen-bond acceptors (Lipinski definition) is 4. The predicted octanol–water partition coefficient (Wildman–Crippen LogP) is 3.70. The van der Waals surface area contributed by atoms with E-state index in [4.69, 9.17) is 0 Å². The van der Waals surface area contributed by atoms with Gasteiger partial charge in [-0.05, 0) is 31.5 Å². The maximum atomic E-state index is 13.6. The van der Waals surface area contributed by atoms with E-state index in [0.29, 0.717) is 16.1 Å². The Morgan fingerprint density at radius 1 is 1.16 bits per heavy atom. The normalized spacial score (nSPS) is 10.6. The second-order valence-electron chi connectivity index (χ2n) is 5.62. The fraction of sp³-hybridized carbons (Fsp3) is 0.211. The molecule has 0 unspecified atom stereocenters. The van der Waals surface area contributed by atoms with Gasteiger partial charge in [-0.15, -0.1) is 11.3 Å². The molecule has 2 aromatic heterocycles. The van der Waals surface area contributed by atoms with E-state index >= 15 is 0 Å². The van der Waals surface area contributed by atoms with E-state index in [1.54, 1.807) is 24.4 Å². The summed E-state index contributed by atoms with van der Waals surface area (Å²) in [4.78, 5) is 21.7. The van der Waals surface area contributed by atoms with E-state index in [1.165, 1.54) is 17.4 Å². The Bertz CT molecular complexity index is 864. The first-order chi connectivity index (χ1) is 12.1. The zero-order chi connectivity index (χ0) is 17.6. The number of nitrogens with one attached hydrogen (secondary N) is 1. The molecule has 3 aromatic rings. The Balaban J connectivity index is 1.61. The molecule has 0 aliphatic carbocycles. The first-order valence-electron chi connectivity index (χ1n) is 8.01. The molecule has 0 atom stereocenters. The van der Waals surface area contributed by atoms with Gasteiger partial charge in [0, 0.05) is 30.4 Å². The first-order valence-corrected chi connectivity index (χ1v) is 8.83. The van der Waals surface area contributed by atoms with E-state index in [-0.39, 0.29) is 18.3 Å². The molecule has 6 heteroatoms. The van der Waals surface area contributed by atoms with Gasteiger partial charge in [0.15, 0.2) is 0 Å². The summed E-state index contributed by atoms with van der Waals surface area (Å²) in [6, 6.07) is 12.2. The van der Waals surface area contributed by atoms with Crippen molar-refractivity contribution in [1.29, 1.82) is 0 Å². The van der Waals surface area contributed by atoms with Crippen molar-refractivity contribution >= 4 is 17.2 Å². The van der Waals surface area contributed by atoms with Gasteiger partial charge < -0.3 is 5.32 Å². The van der Waals surface area contributed by atoms with Crippen LogP contribution >= 0.6 is 11.3 Å². The molecule has 0 fully saturated rings. The number of aryl methyl sites for hydroxylation is 3. The van der Waals surface area contributed by atoms with Gasteiger partial charge in [0.1, 0.15) is 10.7 Å². The quantitative estimate of drug-likeness (QED) is 0.733. The first kappa shape index (κ1) is 17.2. The van der Waals surface area contributed by atoms with Crippen LogP contribution in [0.4, 0.5) is 4.39 Å².